The number of aliphatic imine (C=N–C) groups is 1. The molecule has 0 spiro atoms. The van der Waals surface area contributed by atoms with Crippen LogP contribution in [0.5, 0.6) is 5.75 Å². The molecule has 26 heavy (non-hydrogen) atoms. The predicted molar refractivity (Wildman–Crippen MR) is 115 cm³/mol. The molecule has 0 aromatic heterocycles. The number of rotatable bonds is 10. The van der Waals surface area contributed by atoms with Crippen LogP contribution in [-0.2, 0) is 21.3 Å². The zero-order valence-electron chi connectivity index (χ0n) is 15.4. The van der Waals surface area contributed by atoms with Gasteiger partial charge in [-0.3, -0.25) is 0 Å². The molecule has 4 N–H and O–H groups in total. The van der Waals surface area contributed by atoms with Crippen molar-refractivity contribution in [1.82, 2.24) is 10.6 Å². The van der Waals surface area contributed by atoms with E-state index in [9.17, 15) is 8.42 Å². The van der Waals surface area contributed by atoms with Crippen molar-refractivity contribution in [2.24, 2.45) is 10.1 Å². The largest absolute Gasteiger partial charge is 0.491 e. The average molecular weight is 500 g/mol. The fourth-order valence-electron chi connectivity index (χ4n) is 1.98. The van der Waals surface area contributed by atoms with Gasteiger partial charge in [0, 0.05) is 25.8 Å². The Kier molecular flexibility index (Phi) is 12.6. The van der Waals surface area contributed by atoms with Crippen molar-refractivity contribution >= 4 is 40.0 Å². The SMILES string of the molecule is CCNC(=NCc1ccc(C)cc1OCCOC)NCCS(N)(=O)=O.I. The number of nitrogens with one attached hydrogen (secondary N) is 2. The summed E-state index contributed by atoms with van der Waals surface area (Å²) in [6, 6.07) is 5.92. The first-order chi connectivity index (χ1) is 11.9. The molecule has 1 aromatic rings. The molecule has 0 aliphatic rings. The number of methoxy groups -OCH3 is 1. The van der Waals surface area contributed by atoms with E-state index in [4.69, 9.17) is 14.6 Å². The molecule has 0 radical (unpaired) electrons. The molecular formula is C16H29IN4O4S. The quantitative estimate of drug-likeness (QED) is 0.191. The van der Waals surface area contributed by atoms with Crippen LogP contribution in [0.25, 0.3) is 0 Å². The lowest BCUT2D eigenvalue weighted by Gasteiger charge is -2.13. The lowest BCUT2D eigenvalue weighted by atomic mass is 10.1. The summed E-state index contributed by atoms with van der Waals surface area (Å²) in [5.41, 5.74) is 2.03. The second-order valence-electron chi connectivity index (χ2n) is 5.44. The Balaban J connectivity index is 0.00000625. The van der Waals surface area contributed by atoms with E-state index in [1.165, 1.54) is 0 Å². The zero-order valence-corrected chi connectivity index (χ0v) is 18.6. The number of nitrogens with two attached hydrogens (primary N) is 1. The lowest BCUT2D eigenvalue weighted by Crippen LogP contribution is -2.40. The maximum absolute atomic E-state index is 11.0. The van der Waals surface area contributed by atoms with E-state index in [-0.39, 0.29) is 36.3 Å². The fraction of sp³-hybridized carbons (Fsp3) is 0.562. The Morgan fingerprint density at radius 1 is 1.27 bits per heavy atom. The Morgan fingerprint density at radius 3 is 2.62 bits per heavy atom. The summed E-state index contributed by atoms with van der Waals surface area (Å²) >= 11 is 0. The summed E-state index contributed by atoms with van der Waals surface area (Å²) in [4.78, 5) is 4.47. The van der Waals surface area contributed by atoms with Crippen LogP contribution < -0.4 is 20.5 Å². The second kappa shape index (κ2) is 13.1. The number of halogens is 1. The maximum atomic E-state index is 11.0. The number of hydrogen-bond donors (Lipinski definition) is 3. The van der Waals surface area contributed by atoms with Gasteiger partial charge in [0.05, 0.1) is 18.9 Å². The molecule has 0 unspecified atom stereocenters. The summed E-state index contributed by atoms with van der Waals surface area (Å²) < 4.78 is 32.8. The molecule has 0 bridgehead atoms. The molecule has 1 rings (SSSR count). The van der Waals surface area contributed by atoms with Gasteiger partial charge in [-0.15, -0.1) is 24.0 Å². The van der Waals surface area contributed by atoms with E-state index in [1.807, 2.05) is 32.0 Å². The normalized spacial score (nSPS) is 11.6. The molecule has 10 heteroatoms. The van der Waals surface area contributed by atoms with Gasteiger partial charge in [0.15, 0.2) is 5.96 Å². The average Bonchev–Trinajstić information content (AvgIpc) is 2.53. The monoisotopic (exact) mass is 500 g/mol. The van der Waals surface area contributed by atoms with Gasteiger partial charge >= 0.3 is 0 Å². The number of guanidine groups is 1. The first-order valence-corrected chi connectivity index (χ1v) is 9.81. The minimum absolute atomic E-state index is 0. The number of benzene rings is 1. The molecular weight excluding hydrogens is 471 g/mol. The Hall–Kier alpha value is -1.11. The Labute approximate surface area is 173 Å². The minimum atomic E-state index is -3.50. The molecule has 0 saturated carbocycles. The fourth-order valence-corrected chi connectivity index (χ4v) is 2.37. The molecule has 150 valence electrons. The Bertz CT molecular complexity index is 668. The summed E-state index contributed by atoms with van der Waals surface area (Å²) in [6.07, 6.45) is 0. The third-order valence-corrected chi connectivity index (χ3v) is 3.97. The van der Waals surface area contributed by atoms with Gasteiger partial charge in [0.1, 0.15) is 12.4 Å². The van der Waals surface area contributed by atoms with Crippen LogP contribution in [-0.4, -0.2) is 53.5 Å². The van der Waals surface area contributed by atoms with E-state index in [1.54, 1.807) is 7.11 Å². The van der Waals surface area contributed by atoms with Gasteiger partial charge in [-0.25, -0.2) is 18.5 Å². The van der Waals surface area contributed by atoms with Crippen molar-refractivity contribution in [1.29, 1.82) is 0 Å². The minimum Gasteiger partial charge on any atom is -0.491 e. The van der Waals surface area contributed by atoms with E-state index < -0.39 is 10.0 Å². The van der Waals surface area contributed by atoms with E-state index >= 15 is 0 Å². The summed E-state index contributed by atoms with van der Waals surface area (Å²) in [5.74, 6) is 1.13. The van der Waals surface area contributed by atoms with Crippen molar-refractivity contribution < 1.29 is 17.9 Å². The molecule has 0 atom stereocenters. The molecule has 0 aliphatic heterocycles. The highest BCUT2D eigenvalue weighted by Gasteiger charge is 2.06. The van der Waals surface area contributed by atoms with Crippen LogP contribution in [0.2, 0.25) is 0 Å². The number of nitrogens with zero attached hydrogens (tertiary/aromatic N) is 1. The van der Waals surface area contributed by atoms with Crippen molar-refractivity contribution in [3.05, 3.63) is 29.3 Å². The topological polar surface area (TPSA) is 115 Å². The molecule has 0 aliphatic carbocycles. The van der Waals surface area contributed by atoms with Gasteiger partial charge in [-0.2, -0.15) is 0 Å². The number of aryl methyl sites for hydroxylation is 1. The highest BCUT2D eigenvalue weighted by atomic mass is 127. The molecule has 0 saturated heterocycles. The van der Waals surface area contributed by atoms with Crippen LogP contribution in [0.1, 0.15) is 18.1 Å². The van der Waals surface area contributed by atoms with Gasteiger partial charge in [-0.1, -0.05) is 12.1 Å². The first-order valence-electron chi connectivity index (χ1n) is 8.09. The van der Waals surface area contributed by atoms with Gasteiger partial charge < -0.3 is 20.1 Å². The van der Waals surface area contributed by atoms with Crippen molar-refractivity contribution in [2.45, 2.75) is 20.4 Å². The molecule has 8 nitrogen and oxygen atoms in total. The van der Waals surface area contributed by atoms with E-state index in [0.29, 0.717) is 32.3 Å². The van der Waals surface area contributed by atoms with Crippen LogP contribution in [0.4, 0.5) is 0 Å². The van der Waals surface area contributed by atoms with Crippen LogP contribution in [0.3, 0.4) is 0 Å². The van der Waals surface area contributed by atoms with Gasteiger partial charge in [0.2, 0.25) is 10.0 Å². The summed E-state index contributed by atoms with van der Waals surface area (Å²) in [7, 11) is -1.88. The predicted octanol–water partition coefficient (Wildman–Crippen LogP) is 0.982. The lowest BCUT2D eigenvalue weighted by molar-refractivity contribution is 0.146. The van der Waals surface area contributed by atoms with Gasteiger partial charge in [-0.05, 0) is 25.5 Å². The zero-order chi connectivity index (χ0) is 18.7. The van der Waals surface area contributed by atoms with E-state index in [0.717, 1.165) is 16.9 Å². The molecule has 0 fully saturated rings. The summed E-state index contributed by atoms with van der Waals surface area (Å²) in [6.45, 7) is 6.14. The third kappa shape index (κ3) is 10.8. The van der Waals surface area contributed by atoms with Crippen molar-refractivity contribution in [3.8, 4) is 5.75 Å². The van der Waals surface area contributed by atoms with Crippen LogP contribution >= 0.6 is 24.0 Å². The highest BCUT2D eigenvalue weighted by molar-refractivity contribution is 14.0. The summed E-state index contributed by atoms with van der Waals surface area (Å²) in [5, 5.41) is 11.0. The second-order valence-corrected chi connectivity index (χ2v) is 7.18. The number of primary sulfonamides is 1. The van der Waals surface area contributed by atoms with Crippen molar-refractivity contribution in [3.63, 3.8) is 0 Å². The third-order valence-electron chi connectivity index (χ3n) is 3.20. The first kappa shape index (κ1) is 24.9. The molecule has 1 aromatic carbocycles. The standard InChI is InChI=1S/C16H28N4O4S.HI/c1-4-18-16(19-7-10-25(17,21)22)20-12-14-6-5-13(2)11-15(14)24-9-8-23-3;/h5-6,11H,4,7-10,12H2,1-3H3,(H2,17,21,22)(H2,18,19,20);1H. The molecule has 0 amide bonds. The number of sulfonamides is 1. The van der Waals surface area contributed by atoms with Gasteiger partial charge in [0.25, 0.3) is 0 Å². The molecule has 0 heterocycles. The maximum Gasteiger partial charge on any atom is 0.210 e. The smallest absolute Gasteiger partial charge is 0.210 e. The van der Waals surface area contributed by atoms with Crippen molar-refractivity contribution in [2.75, 3.05) is 39.2 Å². The van der Waals surface area contributed by atoms with E-state index in [2.05, 4.69) is 15.6 Å². The van der Waals surface area contributed by atoms with Crippen LogP contribution in [0, 0.1) is 6.92 Å². The number of hydrogen-bond acceptors (Lipinski definition) is 5. The number of ether oxygens (including phenoxy) is 2. The Morgan fingerprint density at radius 2 is 2.00 bits per heavy atom. The van der Waals surface area contributed by atoms with Crippen LogP contribution in [0.15, 0.2) is 23.2 Å². The highest BCUT2D eigenvalue weighted by Crippen LogP contribution is 2.21.